The number of amides is 1. The Bertz CT molecular complexity index is 390. The maximum Gasteiger partial charge on any atom is 0.306 e. The van der Waals surface area contributed by atoms with E-state index in [9.17, 15) is 9.59 Å². The monoisotopic (exact) mass is 311 g/mol. The van der Waals surface area contributed by atoms with E-state index in [-0.39, 0.29) is 23.8 Å². The molecule has 3 unspecified atom stereocenters. The molecular weight excluding hydrogens is 282 g/mol. The van der Waals surface area contributed by atoms with Gasteiger partial charge in [-0.3, -0.25) is 9.59 Å². The third-order valence-corrected chi connectivity index (χ3v) is 5.08. The minimum absolute atomic E-state index is 0.000260. The molecule has 1 saturated heterocycles. The van der Waals surface area contributed by atoms with E-state index < -0.39 is 12.1 Å². The maximum atomic E-state index is 12.5. The Morgan fingerprint density at radius 2 is 1.77 bits per heavy atom. The fraction of sp³-hybridized carbons (Fsp3) is 0.882. The normalized spacial score (nSPS) is 28.9. The molecule has 2 rings (SSSR count). The molecule has 2 aliphatic rings. The van der Waals surface area contributed by atoms with Crippen LogP contribution < -0.4 is 0 Å². The first kappa shape index (κ1) is 17.3. The zero-order valence-corrected chi connectivity index (χ0v) is 13.8. The van der Waals surface area contributed by atoms with Crippen molar-refractivity contribution in [1.82, 2.24) is 4.90 Å². The number of hydrogen-bond acceptors (Lipinski definition) is 3. The number of likely N-dealkylation sites (tertiary alicyclic amines) is 1. The first-order chi connectivity index (χ1) is 10.5. The average Bonchev–Trinajstić information content (AvgIpc) is 2.74. The van der Waals surface area contributed by atoms with Crippen LogP contribution in [0.15, 0.2) is 0 Å². The largest absolute Gasteiger partial charge is 0.481 e. The maximum absolute atomic E-state index is 12.5. The van der Waals surface area contributed by atoms with E-state index in [1.807, 2.05) is 13.8 Å². The summed E-state index contributed by atoms with van der Waals surface area (Å²) in [4.78, 5) is 25.5. The smallest absolute Gasteiger partial charge is 0.306 e. The molecule has 0 aromatic heterocycles. The van der Waals surface area contributed by atoms with Crippen molar-refractivity contribution >= 4 is 11.9 Å². The van der Waals surface area contributed by atoms with Gasteiger partial charge in [-0.1, -0.05) is 32.6 Å². The van der Waals surface area contributed by atoms with Crippen LogP contribution in [0.3, 0.4) is 0 Å². The van der Waals surface area contributed by atoms with Crippen molar-refractivity contribution in [1.29, 1.82) is 0 Å². The predicted molar refractivity (Wildman–Crippen MR) is 83.5 cm³/mol. The molecule has 3 atom stereocenters. The Morgan fingerprint density at radius 3 is 2.32 bits per heavy atom. The summed E-state index contributed by atoms with van der Waals surface area (Å²) in [6.45, 7) is 4.79. The molecule has 0 aromatic carbocycles. The van der Waals surface area contributed by atoms with Crippen molar-refractivity contribution in [3.63, 3.8) is 0 Å². The molecule has 5 nitrogen and oxygen atoms in total. The van der Waals surface area contributed by atoms with E-state index in [0.29, 0.717) is 19.5 Å². The molecule has 1 N–H and O–H groups in total. The number of piperidine rings is 1. The van der Waals surface area contributed by atoms with Gasteiger partial charge in [0.15, 0.2) is 0 Å². The molecular formula is C17H29NO4. The summed E-state index contributed by atoms with van der Waals surface area (Å²) in [5, 5.41) is 9.16. The van der Waals surface area contributed by atoms with Crippen molar-refractivity contribution in [2.75, 3.05) is 13.1 Å². The SMILES string of the molecule is CC(OC1CCCCCC1)C(=O)N1CCC(C(=O)O)C(C)C1. The van der Waals surface area contributed by atoms with Gasteiger partial charge in [-0.05, 0) is 32.1 Å². The van der Waals surface area contributed by atoms with Gasteiger partial charge in [0.1, 0.15) is 6.10 Å². The molecule has 1 heterocycles. The molecule has 0 radical (unpaired) electrons. The summed E-state index contributed by atoms with van der Waals surface area (Å²) >= 11 is 0. The summed E-state index contributed by atoms with van der Waals surface area (Å²) < 4.78 is 5.99. The number of carboxylic acid groups (broad SMARTS) is 1. The summed E-state index contributed by atoms with van der Waals surface area (Å²) in [6, 6.07) is 0. The molecule has 22 heavy (non-hydrogen) atoms. The molecule has 2 fully saturated rings. The number of rotatable bonds is 4. The van der Waals surface area contributed by atoms with E-state index >= 15 is 0 Å². The van der Waals surface area contributed by atoms with Gasteiger partial charge in [-0.2, -0.15) is 0 Å². The first-order valence-electron chi connectivity index (χ1n) is 8.66. The Morgan fingerprint density at radius 1 is 1.14 bits per heavy atom. The van der Waals surface area contributed by atoms with Gasteiger partial charge in [0.25, 0.3) is 5.91 Å². The Kier molecular flexibility index (Phi) is 6.24. The fourth-order valence-corrected chi connectivity index (χ4v) is 3.69. The first-order valence-corrected chi connectivity index (χ1v) is 8.66. The molecule has 1 saturated carbocycles. The lowest BCUT2D eigenvalue weighted by molar-refractivity contribution is -0.154. The molecule has 0 aromatic rings. The van der Waals surface area contributed by atoms with E-state index in [0.717, 1.165) is 12.8 Å². The number of ether oxygens (including phenoxy) is 1. The molecule has 1 aliphatic carbocycles. The molecule has 1 amide bonds. The van der Waals surface area contributed by atoms with Crippen LogP contribution in [0.25, 0.3) is 0 Å². The van der Waals surface area contributed by atoms with Crippen LogP contribution in [0.4, 0.5) is 0 Å². The van der Waals surface area contributed by atoms with Crippen molar-refractivity contribution in [2.24, 2.45) is 11.8 Å². The second-order valence-corrected chi connectivity index (χ2v) is 6.89. The van der Waals surface area contributed by atoms with Gasteiger partial charge in [-0.25, -0.2) is 0 Å². The standard InChI is InChI=1S/C17H29NO4/c1-12-11-18(10-9-15(12)17(20)21)16(19)13(2)22-14-7-5-3-4-6-8-14/h12-15H,3-11H2,1-2H3,(H,20,21). The number of carbonyl (C=O) groups is 2. The van der Waals surface area contributed by atoms with Gasteiger partial charge in [0.05, 0.1) is 12.0 Å². The van der Waals surface area contributed by atoms with Crippen LogP contribution in [-0.2, 0) is 14.3 Å². The summed E-state index contributed by atoms with van der Waals surface area (Å²) in [5.74, 6) is -1.07. The third kappa shape index (κ3) is 4.45. The second-order valence-electron chi connectivity index (χ2n) is 6.89. The highest BCUT2D eigenvalue weighted by Crippen LogP contribution is 2.25. The lowest BCUT2D eigenvalue weighted by Crippen LogP contribution is -2.48. The molecule has 1 aliphatic heterocycles. The summed E-state index contributed by atoms with van der Waals surface area (Å²) in [6.07, 6.45) is 7.33. The lowest BCUT2D eigenvalue weighted by Gasteiger charge is -2.36. The summed E-state index contributed by atoms with van der Waals surface area (Å²) in [7, 11) is 0. The Balaban J connectivity index is 1.84. The minimum atomic E-state index is -0.748. The predicted octanol–water partition coefficient (Wildman–Crippen LogP) is 2.68. The topological polar surface area (TPSA) is 66.8 Å². The average molecular weight is 311 g/mol. The number of carbonyl (C=O) groups excluding carboxylic acids is 1. The van der Waals surface area contributed by atoms with E-state index in [4.69, 9.17) is 9.84 Å². The Labute approximate surface area is 133 Å². The molecule has 126 valence electrons. The van der Waals surface area contributed by atoms with E-state index in [2.05, 4.69) is 0 Å². The molecule has 5 heteroatoms. The van der Waals surface area contributed by atoms with Crippen molar-refractivity contribution in [2.45, 2.75) is 71.0 Å². The van der Waals surface area contributed by atoms with Crippen LogP contribution in [0.1, 0.15) is 58.8 Å². The van der Waals surface area contributed by atoms with Gasteiger partial charge in [-0.15, -0.1) is 0 Å². The number of nitrogens with zero attached hydrogens (tertiary/aromatic N) is 1. The Hall–Kier alpha value is -1.10. The highest BCUT2D eigenvalue weighted by Gasteiger charge is 2.34. The number of aliphatic carboxylic acids is 1. The van der Waals surface area contributed by atoms with Crippen LogP contribution >= 0.6 is 0 Å². The third-order valence-electron chi connectivity index (χ3n) is 5.08. The second kappa shape index (κ2) is 7.95. The van der Waals surface area contributed by atoms with E-state index in [1.165, 1.54) is 25.7 Å². The van der Waals surface area contributed by atoms with Crippen molar-refractivity contribution < 1.29 is 19.4 Å². The zero-order chi connectivity index (χ0) is 16.1. The lowest BCUT2D eigenvalue weighted by atomic mass is 9.87. The number of carboxylic acids is 1. The van der Waals surface area contributed by atoms with E-state index in [1.54, 1.807) is 4.90 Å². The van der Waals surface area contributed by atoms with Crippen LogP contribution in [0.5, 0.6) is 0 Å². The van der Waals surface area contributed by atoms with Gasteiger partial charge in [0, 0.05) is 13.1 Å². The minimum Gasteiger partial charge on any atom is -0.481 e. The van der Waals surface area contributed by atoms with Crippen molar-refractivity contribution in [3.05, 3.63) is 0 Å². The van der Waals surface area contributed by atoms with Gasteiger partial charge >= 0.3 is 5.97 Å². The van der Waals surface area contributed by atoms with Crippen LogP contribution in [-0.4, -0.2) is 47.2 Å². The molecule has 0 spiro atoms. The van der Waals surface area contributed by atoms with Gasteiger partial charge < -0.3 is 14.7 Å². The van der Waals surface area contributed by atoms with Gasteiger partial charge in [0.2, 0.25) is 0 Å². The van der Waals surface area contributed by atoms with Crippen molar-refractivity contribution in [3.8, 4) is 0 Å². The number of hydrogen-bond donors (Lipinski definition) is 1. The van der Waals surface area contributed by atoms with Crippen LogP contribution in [0.2, 0.25) is 0 Å². The fourth-order valence-electron chi connectivity index (χ4n) is 3.69. The van der Waals surface area contributed by atoms with Crippen LogP contribution in [0, 0.1) is 11.8 Å². The highest BCUT2D eigenvalue weighted by molar-refractivity contribution is 5.81. The highest BCUT2D eigenvalue weighted by atomic mass is 16.5. The zero-order valence-electron chi connectivity index (χ0n) is 13.8. The summed E-state index contributed by atoms with van der Waals surface area (Å²) in [5.41, 5.74) is 0. The molecule has 0 bridgehead atoms. The quantitative estimate of drug-likeness (QED) is 0.811.